The summed E-state index contributed by atoms with van der Waals surface area (Å²) in [7, 11) is 0. The second kappa shape index (κ2) is 6.30. The highest BCUT2D eigenvalue weighted by Gasteiger charge is 2.33. The third-order valence-electron chi connectivity index (χ3n) is 4.57. The van der Waals surface area contributed by atoms with Crippen molar-refractivity contribution in [3.63, 3.8) is 0 Å². The monoisotopic (exact) mass is 300 g/mol. The van der Waals surface area contributed by atoms with Gasteiger partial charge in [0.2, 0.25) is 0 Å². The average Bonchev–Trinajstić information content (AvgIpc) is 2.95. The maximum Gasteiger partial charge on any atom is 0.0535 e. The van der Waals surface area contributed by atoms with Gasteiger partial charge in [-0.15, -0.1) is 11.3 Å². The first-order valence-electron chi connectivity index (χ1n) is 7.74. The van der Waals surface area contributed by atoms with E-state index in [1.54, 1.807) is 0 Å². The van der Waals surface area contributed by atoms with Crippen LogP contribution in [0, 0.1) is 0 Å². The van der Waals surface area contributed by atoms with Crippen LogP contribution in [0.1, 0.15) is 30.7 Å². The van der Waals surface area contributed by atoms with E-state index in [1.165, 1.54) is 16.9 Å². The highest BCUT2D eigenvalue weighted by atomic mass is 32.1. The molecule has 0 amide bonds. The van der Waals surface area contributed by atoms with E-state index in [9.17, 15) is 0 Å². The summed E-state index contributed by atoms with van der Waals surface area (Å²) in [4.78, 5) is 4.08. The number of nitrogens with zero attached hydrogens (tertiary/aromatic N) is 1. The van der Waals surface area contributed by atoms with Crippen molar-refractivity contribution in [3.05, 3.63) is 58.3 Å². The highest BCUT2D eigenvalue weighted by Crippen LogP contribution is 2.27. The molecule has 2 heterocycles. The molecule has 1 N–H and O–H groups in total. The minimum absolute atomic E-state index is 0.0310. The maximum absolute atomic E-state index is 3.78. The molecule has 1 aromatic carbocycles. The molecule has 2 atom stereocenters. The van der Waals surface area contributed by atoms with Crippen molar-refractivity contribution < 1.29 is 0 Å². The van der Waals surface area contributed by atoms with Gasteiger partial charge in [-0.3, -0.25) is 4.90 Å². The minimum Gasteiger partial charge on any atom is -0.306 e. The first-order chi connectivity index (χ1) is 10.2. The Labute approximate surface area is 131 Å². The lowest BCUT2D eigenvalue weighted by Gasteiger charge is -2.35. The third-order valence-corrected chi connectivity index (χ3v) is 5.43. The summed E-state index contributed by atoms with van der Waals surface area (Å²) in [5.41, 5.74) is 1.42. The second-order valence-corrected chi connectivity index (χ2v) is 7.28. The fourth-order valence-corrected chi connectivity index (χ4v) is 3.90. The van der Waals surface area contributed by atoms with Crippen LogP contribution in [0.25, 0.3) is 0 Å². The van der Waals surface area contributed by atoms with Gasteiger partial charge in [-0.05, 0) is 43.8 Å². The molecule has 112 valence electrons. The molecule has 1 aromatic heterocycles. The lowest BCUT2D eigenvalue weighted by Crippen LogP contribution is -2.47. The number of benzene rings is 1. The van der Waals surface area contributed by atoms with E-state index in [-0.39, 0.29) is 5.54 Å². The van der Waals surface area contributed by atoms with Crippen LogP contribution in [0.2, 0.25) is 0 Å². The molecule has 2 unspecified atom stereocenters. The number of rotatable bonds is 3. The molecule has 0 bridgehead atoms. The first-order valence-corrected chi connectivity index (χ1v) is 8.62. The Hall–Kier alpha value is -1.16. The largest absolute Gasteiger partial charge is 0.306 e. The number of hydrogen-bond donors (Lipinski definition) is 1. The van der Waals surface area contributed by atoms with Crippen LogP contribution in [0.3, 0.4) is 0 Å². The van der Waals surface area contributed by atoms with Gasteiger partial charge in [0.15, 0.2) is 0 Å². The molecule has 3 rings (SSSR count). The predicted molar refractivity (Wildman–Crippen MR) is 90.6 cm³/mol. The van der Waals surface area contributed by atoms with Crippen LogP contribution in [0.5, 0.6) is 0 Å². The van der Waals surface area contributed by atoms with Gasteiger partial charge in [-0.2, -0.15) is 0 Å². The summed E-state index contributed by atoms with van der Waals surface area (Å²) in [6.07, 6.45) is 1.20. The summed E-state index contributed by atoms with van der Waals surface area (Å²) < 4.78 is 0. The molecule has 3 heteroatoms. The van der Waals surface area contributed by atoms with Gasteiger partial charge in [0.25, 0.3) is 0 Å². The molecule has 1 aliphatic heterocycles. The zero-order valence-corrected chi connectivity index (χ0v) is 13.7. The van der Waals surface area contributed by atoms with Gasteiger partial charge in [-0.25, -0.2) is 0 Å². The summed E-state index contributed by atoms with van der Waals surface area (Å²) in [5.74, 6) is 0. The molecular weight excluding hydrogens is 276 g/mol. The van der Waals surface area contributed by atoms with Gasteiger partial charge < -0.3 is 5.32 Å². The highest BCUT2D eigenvalue weighted by molar-refractivity contribution is 7.09. The number of hydrogen-bond acceptors (Lipinski definition) is 3. The smallest absolute Gasteiger partial charge is 0.0535 e. The van der Waals surface area contributed by atoms with E-state index in [4.69, 9.17) is 0 Å². The van der Waals surface area contributed by atoms with Crippen LogP contribution in [-0.4, -0.2) is 24.0 Å². The van der Waals surface area contributed by atoms with Gasteiger partial charge >= 0.3 is 0 Å². The molecule has 1 aliphatic rings. The van der Waals surface area contributed by atoms with E-state index >= 15 is 0 Å². The van der Waals surface area contributed by atoms with Crippen molar-refractivity contribution in [2.45, 2.75) is 38.4 Å². The number of nitrogens with one attached hydrogen (secondary N) is 1. The Morgan fingerprint density at radius 3 is 2.76 bits per heavy atom. The van der Waals surface area contributed by atoms with E-state index in [1.807, 2.05) is 11.3 Å². The standard InChI is InChI=1S/C18H24N2S/c1-15-10-11-19-18(2,16-7-4-3-5-8-16)14-20(15)13-17-9-6-12-21-17/h3-9,12,15,19H,10-11,13-14H2,1-2H3. The van der Waals surface area contributed by atoms with E-state index in [0.29, 0.717) is 6.04 Å². The lowest BCUT2D eigenvalue weighted by molar-refractivity contribution is 0.167. The van der Waals surface area contributed by atoms with E-state index in [0.717, 1.165) is 19.6 Å². The molecule has 21 heavy (non-hydrogen) atoms. The zero-order valence-electron chi connectivity index (χ0n) is 12.9. The second-order valence-electron chi connectivity index (χ2n) is 6.25. The Morgan fingerprint density at radius 2 is 2.05 bits per heavy atom. The molecule has 2 nitrogen and oxygen atoms in total. The minimum atomic E-state index is 0.0310. The lowest BCUT2D eigenvalue weighted by atomic mass is 9.91. The molecule has 0 aliphatic carbocycles. The van der Waals surface area contributed by atoms with Gasteiger partial charge in [0.1, 0.15) is 0 Å². The van der Waals surface area contributed by atoms with Crippen molar-refractivity contribution in [1.29, 1.82) is 0 Å². The zero-order chi connectivity index (χ0) is 14.7. The normalized spacial score (nSPS) is 27.4. The predicted octanol–water partition coefficient (Wildman–Crippen LogP) is 3.85. The summed E-state index contributed by atoms with van der Waals surface area (Å²) in [6.45, 7) is 7.88. The van der Waals surface area contributed by atoms with E-state index < -0.39 is 0 Å². The molecule has 0 spiro atoms. The molecule has 2 aromatic rings. The van der Waals surface area contributed by atoms with Crippen LogP contribution in [0.15, 0.2) is 47.8 Å². The quantitative estimate of drug-likeness (QED) is 0.926. The first kappa shape index (κ1) is 14.8. The average molecular weight is 300 g/mol. The topological polar surface area (TPSA) is 15.3 Å². The van der Waals surface area contributed by atoms with Gasteiger partial charge in [0, 0.05) is 24.0 Å². The molecule has 1 fully saturated rings. The fourth-order valence-electron chi connectivity index (χ4n) is 3.17. The Balaban J connectivity index is 1.83. The van der Waals surface area contributed by atoms with Crippen LogP contribution >= 0.6 is 11.3 Å². The summed E-state index contributed by atoms with van der Waals surface area (Å²) in [6, 6.07) is 15.9. The summed E-state index contributed by atoms with van der Waals surface area (Å²) in [5, 5.41) is 5.95. The SMILES string of the molecule is CC1CCNC(C)(c2ccccc2)CN1Cc1cccs1. The fraction of sp³-hybridized carbons (Fsp3) is 0.444. The molecule has 0 radical (unpaired) electrons. The van der Waals surface area contributed by atoms with Crippen LogP contribution in [-0.2, 0) is 12.1 Å². The molecule has 1 saturated heterocycles. The molecular formula is C18H24N2S. The Bertz CT molecular complexity index is 552. The molecule has 0 saturated carbocycles. The Kier molecular flexibility index (Phi) is 4.43. The van der Waals surface area contributed by atoms with Crippen molar-refractivity contribution in [2.24, 2.45) is 0 Å². The van der Waals surface area contributed by atoms with Crippen LogP contribution < -0.4 is 5.32 Å². The van der Waals surface area contributed by atoms with Crippen molar-refractivity contribution >= 4 is 11.3 Å². The van der Waals surface area contributed by atoms with Crippen molar-refractivity contribution in [2.75, 3.05) is 13.1 Å². The van der Waals surface area contributed by atoms with Crippen molar-refractivity contribution in [1.82, 2.24) is 10.2 Å². The summed E-state index contributed by atoms with van der Waals surface area (Å²) >= 11 is 1.86. The van der Waals surface area contributed by atoms with E-state index in [2.05, 4.69) is 71.9 Å². The van der Waals surface area contributed by atoms with Crippen molar-refractivity contribution in [3.8, 4) is 0 Å². The van der Waals surface area contributed by atoms with Gasteiger partial charge in [0.05, 0.1) is 5.54 Å². The third kappa shape index (κ3) is 3.37. The van der Waals surface area contributed by atoms with Crippen LogP contribution in [0.4, 0.5) is 0 Å². The maximum atomic E-state index is 3.78. The number of thiophene rings is 1. The Morgan fingerprint density at radius 1 is 1.24 bits per heavy atom. The van der Waals surface area contributed by atoms with Gasteiger partial charge in [-0.1, -0.05) is 36.4 Å².